The van der Waals surface area contributed by atoms with Crippen LogP contribution in [-0.2, 0) is 6.54 Å². The lowest BCUT2D eigenvalue weighted by molar-refractivity contribution is 0.0690. The highest BCUT2D eigenvalue weighted by Gasteiger charge is 2.09. The first-order valence-electron chi connectivity index (χ1n) is 6.98. The van der Waals surface area contributed by atoms with Crippen LogP contribution in [0, 0.1) is 0 Å². The van der Waals surface area contributed by atoms with Gasteiger partial charge in [0, 0.05) is 13.6 Å². The molecule has 0 aliphatic heterocycles. The Balaban J connectivity index is 2.07. The Morgan fingerprint density at radius 1 is 1.32 bits per heavy atom. The second-order valence-corrected chi connectivity index (χ2v) is 5.24. The molecule has 0 aliphatic carbocycles. The van der Waals surface area contributed by atoms with Gasteiger partial charge in [-0.25, -0.2) is 14.8 Å². The molecule has 2 rings (SSSR count). The molecule has 1 aromatic heterocycles. The van der Waals surface area contributed by atoms with E-state index in [1.54, 1.807) is 0 Å². The molecule has 1 heterocycles. The van der Waals surface area contributed by atoms with Crippen LogP contribution in [0.2, 0.25) is 0 Å². The number of carboxylic acid groups (broad SMARTS) is 1. The van der Waals surface area contributed by atoms with Crippen molar-refractivity contribution in [3.63, 3.8) is 0 Å². The molecule has 0 unspecified atom stereocenters. The summed E-state index contributed by atoms with van der Waals surface area (Å²) in [7, 11) is 1.88. The number of anilines is 1. The number of ether oxygens (including phenoxy) is 1. The fourth-order valence-electron chi connectivity index (χ4n) is 1.97. The van der Waals surface area contributed by atoms with Crippen molar-refractivity contribution < 1.29 is 14.6 Å². The van der Waals surface area contributed by atoms with Gasteiger partial charge in [0.2, 0.25) is 0 Å². The standard InChI is InChI=1S/C16H19N3O3/c1-11(2)22-13-6-4-5-12(7-13)10-19(3)15-9-17-14(8-18-15)16(20)21/h4-9,11H,10H2,1-3H3,(H,20,21). The number of rotatable bonds is 6. The Hall–Kier alpha value is -2.63. The monoisotopic (exact) mass is 301 g/mol. The lowest BCUT2D eigenvalue weighted by Gasteiger charge is -2.18. The summed E-state index contributed by atoms with van der Waals surface area (Å²) in [6.07, 6.45) is 2.84. The molecule has 2 aromatic rings. The number of benzene rings is 1. The van der Waals surface area contributed by atoms with Crippen LogP contribution in [0.15, 0.2) is 36.7 Å². The van der Waals surface area contributed by atoms with Gasteiger partial charge in [0.1, 0.15) is 11.6 Å². The maximum absolute atomic E-state index is 10.8. The van der Waals surface area contributed by atoms with E-state index >= 15 is 0 Å². The average Bonchev–Trinajstić information content (AvgIpc) is 2.47. The molecule has 116 valence electrons. The maximum atomic E-state index is 10.8. The van der Waals surface area contributed by atoms with E-state index in [1.807, 2.05) is 50.1 Å². The van der Waals surface area contributed by atoms with Crippen molar-refractivity contribution in [3.8, 4) is 5.75 Å². The molecule has 0 bridgehead atoms. The molecule has 0 fully saturated rings. The van der Waals surface area contributed by atoms with Gasteiger partial charge in [0.15, 0.2) is 5.69 Å². The molecule has 0 spiro atoms. The van der Waals surface area contributed by atoms with Crippen molar-refractivity contribution in [2.75, 3.05) is 11.9 Å². The molecular weight excluding hydrogens is 282 g/mol. The van der Waals surface area contributed by atoms with Crippen molar-refractivity contribution >= 4 is 11.8 Å². The fraction of sp³-hybridized carbons (Fsp3) is 0.312. The smallest absolute Gasteiger partial charge is 0.356 e. The number of hydrogen-bond donors (Lipinski definition) is 1. The molecular formula is C16H19N3O3. The zero-order valence-corrected chi connectivity index (χ0v) is 12.9. The van der Waals surface area contributed by atoms with E-state index in [-0.39, 0.29) is 11.8 Å². The quantitative estimate of drug-likeness (QED) is 0.884. The third-order valence-corrected chi connectivity index (χ3v) is 2.94. The third-order valence-electron chi connectivity index (χ3n) is 2.94. The molecule has 6 heteroatoms. The van der Waals surface area contributed by atoms with Crippen LogP contribution >= 0.6 is 0 Å². The minimum Gasteiger partial charge on any atom is -0.491 e. The SMILES string of the molecule is CC(C)Oc1cccc(CN(C)c2cnc(C(=O)O)cn2)c1. The van der Waals surface area contributed by atoms with Crippen molar-refractivity contribution in [1.29, 1.82) is 0 Å². The van der Waals surface area contributed by atoms with E-state index in [1.165, 1.54) is 12.4 Å². The average molecular weight is 301 g/mol. The summed E-state index contributed by atoms with van der Waals surface area (Å²) in [5, 5.41) is 8.82. The fourth-order valence-corrected chi connectivity index (χ4v) is 1.97. The van der Waals surface area contributed by atoms with Crippen LogP contribution in [0.5, 0.6) is 5.75 Å². The van der Waals surface area contributed by atoms with Gasteiger partial charge >= 0.3 is 5.97 Å². The van der Waals surface area contributed by atoms with Crippen LogP contribution in [0.3, 0.4) is 0 Å². The van der Waals surface area contributed by atoms with Crippen LogP contribution in [0.4, 0.5) is 5.82 Å². The Labute approximate surface area is 129 Å². The molecule has 0 saturated carbocycles. The Morgan fingerprint density at radius 2 is 2.09 bits per heavy atom. The Kier molecular flexibility index (Phi) is 4.93. The third kappa shape index (κ3) is 4.18. The highest BCUT2D eigenvalue weighted by atomic mass is 16.5. The largest absolute Gasteiger partial charge is 0.491 e. The lowest BCUT2D eigenvalue weighted by atomic mass is 10.2. The summed E-state index contributed by atoms with van der Waals surface area (Å²) in [6.45, 7) is 4.59. The van der Waals surface area contributed by atoms with Crippen molar-refractivity contribution in [1.82, 2.24) is 9.97 Å². The number of hydrogen-bond acceptors (Lipinski definition) is 5. The Bertz CT molecular complexity index is 641. The molecule has 0 radical (unpaired) electrons. The predicted octanol–water partition coefficient (Wildman–Crippen LogP) is 2.60. The van der Waals surface area contributed by atoms with Crippen LogP contribution in [0.25, 0.3) is 0 Å². The van der Waals surface area contributed by atoms with E-state index in [9.17, 15) is 4.79 Å². The van der Waals surface area contributed by atoms with Gasteiger partial charge < -0.3 is 14.7 Å². The zero-order valence-electron chi connectivity index (χ0n) is 12.9. The van der Waals surface area contributed by atoms with E-state index in [0.29, 0.717) is 12.4 Å². The first kappa shape index (κ1) is 15.8. The summed E-state index contributed by atoms with van der Waals surface area (Å²) in [6, 6.07) is 7.85. The van der Waals surface area contributed by atoms with E-state index in [2.05, 4.69) is 9.97 Å². The minimum absolute atomic E-state index is 0.0653. The van der Waals surface area contributed by atoms with Gasteiger partial charge in [0.25, 0.3) is 0 Å². The molecule has 0 atom stereocenters. The maximum Gasteiger partial charge on any atom is 0.356 e. The molecule has 0 amide bonds. The minimum atomic E-state index is -1.08. The number of aromatic carboxylic acids is 1. The first-order chi connectivity index (χ1) is 10.5. The van der Waals surface area contributed by atoms with Crippen molar-refractivity contribution in [2.24, 2.45) is 0 Å². The second-order valence-electron chi connectivity index (χ2n) is 5.24. The lowest BCUT2D eigenvalue weighted by Crippen LogP contribution is -2.18. The van der Waals surface area contributed by atoms with Gasteiger partial charge in [-0.2, -0.15) is 0 Å². The summed E-state index contributed by atoms with van der Waals surface area (Å²) >= 11 is 0. The highest BCUT2D eigenvalue weighted by Crippen LogP contribution is 2.18. The van der Waals surface area contributed by atoms with Gasteiger partial charge in [-0.15, -0.1) is 0 Å². The van der Waals surface area contributed by atoms with Crippen LogP contribution < -0.4 is 9.64 Å². The van der Waals surface area contributed by atoms with Crippen molar-refractivity contribution in [3.05, 3.63) is 47.9 Å². The van der Waals surface area contributed by atoms with Gasteiger partial charge in [-0.1, -0.05) is 12.1 Å². The van der Waals surface area contributed by atoms with Crippen LogP contribution in [-0.4, -0.2) is 34.2 Å². The number of carbonyl (C=O) groups is 1. The summed E-state index contributed by atoms with van der Waals surface area (Å²) < 4.78 is 5.67. The van der Waals surface area contributed by atoms with Gasteiger partial charge in [-0.3, -0.25) is 0 Å². The number of aromatic nitrogens is 2. The van der Waals surface area contributed by atoms with E-state index < -0.39 is 5.97 Å². The molecule has 0 saturated heterocycles. The summed E-state index contributed by atoms with van der Waals surface area (Å²) in [5.41, 5.74) is 1.01. The predicted molar refractivity (Wildman–Crippen MR) is 83.3 cm³/mol. The number of carboxylic acids is 1. The zero-order chi connectivity index (χ0) is 16.1. The molecule has 1 aromatic carbocycles. The van der Waals surface area contributed by atoms with E-state index in [4.69, 9.17) is 9.84 Å². The van der Waals surface area contributed by atoms with Gasteiger partial charge in [-0.05, 0) is 31.5 Å². The molecule has 6 nitrogen and oxygen atoms in total. The highest BCUT2D eigenvalue weighted by molar-refractivity contribution is 5.84. The summed E-state index contributed by atoms with van der Waals surface area (Å²) in [5.74, 6) is 0.355. The molecule has 0 aliphatic rings. The molecule has 22 heavy (non-hydrogen) atoms. The molecule has 1 N–H and O–H groups in total. The van der Waals surface area contributed by atoms with E-state index in [0.717, 1.165) is 11.3 Å². The normalized spacial score (nSPS) is 10.5. The first-order valence-corrected chi connectivity index (χ1v) is 6.98. The second kappa shape index (κ2) is 6.89. The van der Waals surface area contributed by atoms with Crippen molar-refractivity contribution in [2.45, 2.75) is 26.5 Å². The Morgan fingerprint density at radius 3 is 2.68 bits per heavy atom. The topological polar surface area (TPSA) is 75.5 Å². The van der Waals surface area contributed by atoms with Gasteiger partial charge in [0.05, 0.1) is 18.5 Å². The van der Waals surface area contributed by atoms with Crippen LogP contribution in [0.1, 0.15) is 29.9 Å². The number of nitrogens with zero attached hydrogens (tertiary/aromatic N) is 3. The summed E-state index contributed by atoms with van der Waals surface area (Å²) in [4.78, 5) is 20.7.